The van der Waals surface area contributed by atoms with Crippen LogP contribution in [0, 0.1) is 0 Å². The van der Waals surface area contributed by atoms with E-state index in [-0.39, 0.29) is 0 Å². The maximum absolute atomic E-state index is 5.69. The Morgan fingerprint density at radius 1 is 1.31 bits per heavy atom. The van der Waals surface area contributed by atoms with Crippen molar-refractivity contribution in [3.63, 3.8) is 0 Å². The number of nitrogens with zero attached hydrogens (tertiary/aromatic N) is 3. The smallest absolute Gasteiger partial charge is 0.141 e. The molecule has 13 heavy (non-hydrogen) atoms. The van der Waals surface area contributed by atoms with Gasteiger partial charge in [0.05, 0.1) is 6.10 Å². The SMILES string of the molecule is c1ncn(COC2CCCCC2)n1. The average molecular weight is 181 g/mol. The minimum atomic E-state index is 0.443. The molecular formula is C9H15N3O. The lowest BCUT2D eigenvalue weighted by atomic mass is 9.98. The van der Waals surface area contributed by atoms with E-state index in [0.29, 0.717) is 12.8 Å². The Labute approximate surface area is 77.9 Å². The standard InChI is InChI=1S/C9H15N3O/c1-2-4-9(5-3-1)13-8-12-7-10-6-11-12/h6-7,9H,1-5,8H2. The lowest BCUT2D eigenvalue weighted by molar-refractivity contribution is -0.0178. The van der Waals surface area contributed by atoms with E-state index in [4.69, 9.17) is 4.74 Å². The molecule has 0 amide bonds. The lowest BCUT2D eigenvalue weighted by Gasteiger charge is -2.21. The summed E-state index contributed by atoms with van der Waals surface area (Å²) in [5, 5.41) is 3.98. The Kier molecular flexibility index (Phi) is 2.92. The predicted molar refractivity (Wildman–Crippen MR) is 48.0 cm³/mol. The van der Waals surface area contributed by atoms with E-state index in [9.17, 15) is 0 Å². The van der Waals surface area contributed by atoms with Crippen molar-refractivity contribution in [2.24, 2.45) is 0 Å². The zero-order valence-corrected chi connectivity index (χ0v) is 7.72. The summed E-state index contributed by atoms with van der Waals surface area (Å²) in [6, 6.07) is 0. The third kappa shape index (κ3) is 2.52. The van der Waals surface area contributed by atoms with E-state index in [1.807, 2.05) is 0 Å². The van der Waals surface area contributed by atoms with Crippen LogP contribution in [0.5, 0.6) is 0 Å². The van der Waals surface area contributed by atoms with Crippen LogP contribution in [-0.2, 0) is 11.5 Å². The summed E-state index contributed by atoms with van der Waals surface area (Å²) in [5.41, 5.74) is 0. The molecule has 4 heteroatoms. The number of hydrogen-bond acceptors (Lipinski definition) is 3. The molecule has 0 bridgehead atoms. The Morgan fingerprint density at radius 2 is 2.15 bits per heavy atom. The van der Waals surface area contributed by atoms with E-state index >= 15 is 0 Å². The van der Waals surface area contributed by atoms with E-state index < -0.39 is 0 Å². The molecule has 0 aromatic carbocycles. The summed E-state index contributed by atoms with van der Waals surface area (Å²) < 4.78 is 7.40. The molecule has 4 nitrogen and oxygen atoms in total. The molecule has 0 atom stereocenters. The van der Waals surface area contributed by atoms with E-state index in [2.05, 4.69) is 10.1 Å². The molecule has 0 saturated heterocycles. The molecular weight excluding hydrogens is 166 g/mol. The van der Waals surface area contributed by atoms with Crippen molar-refractivity contribution in [2.45, 2.75) is 44.9 Å². The zero-order chi connectivity index (χ0) is 8.93. The summed E-state index contributed by atoms with van der Waals surface area (Å²) in [5.74, 6) is 0. The van der Waals surface area contributed by atoms with Gasteiger partial charge < -0.3 is 4.74 Å². The number of aromatic nitrogens is 3. The van der Waals surface area contributed by atoms with E-state index in [1.54, 1.807) is 11.0 Å². The number of ether oxygens (including phenoxy) is 1. The van der Waals surface area contributed by atoms with Crippen LogP contribution >= 0.6 is 0 Å². The Hall–Kier alpha value is -0.900. The second-order valence-electron chi connectivity index (χ2n) is 3.49. The van der Waals surface area contributed by atoms with Gasteiger partial charge in [0.2, 0.25) is 0 Å². The van der Waals surface area contributed by atoms with Crippen molar-refractivity contribution in [1.82, 2.24) is 14.8 Å². The molecule has 0 spiro atoms. The number of hydrogen-bond donors (Lipinski definition) is 0. The van der Waals surface area contributed by atoms with Crippen LogP contribution in [0.15, 0.2) is 12.7 Å². The largest absolute Gasteiger partial charge is 0.356 e. The Morgan fingerprint density at radius 3 is 2.85 bits per heavy atom. The molecule has 0 aliphatic heterocycles. The van der Waals surface area contributed by atoms with Crippen LogP contribution in [-0.4, -0.2) is 20.9 Å². The summed E-state index contributed by atoms with van der Waals surface area (Å²) in [6.07, 6.45) is 10.0. The van der Waals surface area contributed by atoms with Crippen molar-refractivity contribution in [3.05, 3.63) is 12.7 Å². The van der Waals surface area contributed by atoms with Crippen molar-refractivity contribution in [3.8, 4) is 0 Å². The third-order valence-corrected chi connectivity index (χ3v) is 2.46. The molecule has 1 saturated carbocycles. The van der Waals surface area contributed by atoms with Gasteiger partial charge in [-0.1, -0.05) is 19.3 Å². The topological polar surface area (TPSA) is 39.9 Å². The lowest BCUT2D eigenvalue weighted by Crippen LogP contribution is -2.18. The fourth-order valence-electron chi connectivity index (χ4n) is 1.71. The van der Waals surface area contributed by atoms with Gasteiger partial charge in [-0.3, -0.25) is 0 Å². The van der Waals surface area contributed by atoms with E-state index in [1.165, 1.54) is 38.4 Å². The highest BCUT2D eigenvalue weighted by Gasteiger charge is 2.13. The van der Waals surface area contributed by atoms with Crippen LogP contribution in [0.3, 0.4) is 0 Å². The second kappa shape index (κ2) is 4.37. The quantitative estimate of drug-likeness (QED) is 0.710. The maximum atomic E-state index is 5.69. The molecule has 1 heterocycles. The fourth-order valence-corrected chi connectivity index (χ4v) is 1.71. The first-order valence-electron chi connectivity index (χ1n) is 4.89. The highest BCUT2D eigenvalue weighted by molar-refractivity contribution is 4.64. The van der Waals surface area contributed by atoms with Gasteiger partial charge in [-0.2, -0.15) is 5.10 Å². The van der Waals surface area contributed by atoms with Crippen LogP contribution in [0.1, 0.15) is 32.1 Å². The van der Waals surface area contributed by atoms with Crippen LogP contribution in [0.2, 0.25) is 0 Å². The zero-order valence-electron chi connectivity index (χ0n) is 7.72. The van der Waals surface area contributed by atoms with Crippen molar-refractivity contribution < 1.29 is 4.74 Å². The molecule has 2 rings (SSSR count). The van der Waals surface area contributed by atoms with E-state index in [0.717, 1.165) is 0 Å². The van der Waals surface area contributed by atoms with Gasteiger partial charge in [-0.05, 0) is 12.8 Å². The first-order chi connectivity index (χ1) is 6.45. The highest BCUT2D eigenvalue weighted by atomic mass is 16.5. The summed E-state index contributed by atoms with van der Waals surface area (Å²) in [6.45, 7) is 0.546. The van der Waals surface area contributed by atoms with Crippen LogP contribution < -0.4 is 0 Å². The van der Waals surface area contributed by atoms with Crippen LogP contribution in [0.25, 0.3) is 0 Å². The van der Waals surface area contributed by atoms with Crippen molar-refractivity contribution in [2.75, 3.05) is 0 Å². The molecule has 72 valence electrons. The van der Waals surface area contributed by atoms with Gasteiger partial charge in [0.15, 0.2) is 0 Å². The summed E-state index contributed by atoms with van der Waals surface area (Å²) in [4.78, 5) is 3.86. The first kappa shape index (κ1) is 8.69. The van der Waals surface area contributed by atoms with Gasteiger partial charge in [0, 0.05) is 0 Å². The summed E-state index contributed by atoms with van der Waals surface area (Å²) in [7, 11) is 0. The Bertz CT molecular complexity index is 229. The normalized spacial score (nSPS) is 19.1. The summed E-state index contributed by atoms with van der Waals surface area (Å²) >= 11 is 0. The monoisotopic (exact) mass is 181 g/mol. The number of rotatable bonds is 3. The molecule has 0 unspecified atom stereocenters. The van der Waals surface area contributed by atoms with Gasteiger partial charge in [0.25, 0.3) is 0 Å². The van der Waals surface area contributed by atoms with Crippen molar-refractivity contribution >= 4 is 0 Å². The molecule has 0 radical (unpaired) electrons. The third-order valence-electron chi connectivity index (χ3n) is 2.46. The van der Waals surface area contributed by atoms with Gasteiger partial charge in [-0.15, -0.1) is 0 Å². The van der Waals surface area contributed by atoms with Gasteiger partial charge in [0.1, 0.15) is 19.4 Å². The fraction of sp³-hybridized carbons (Fsp3) is 0.778. The molecule has 1 fully saturated rings. The van der Waals surface area contributed by atoms with Crippen molar-refractivity contribution in [1.29, 1.82) is 0 Å². The van der Waals surface area contributed by atoms with Gasteiger partial charge in [-0.25, -0.2) is 9.67 Å². The molecule has 0 N–H and O–H groups in total. The first-order valence-corrected chi connectivity index (χ1v) is 4.89. The maximum Gasteiger partial charge on any atom is 0.141 e. The molecule has 1 aliphatic rings. The Balaban J connectivity index is 1.72. The van der Waals surface area contributed by atoms with Crippen LogP contribution in [0.4, 0.5) is 0 Å². The molecule has 1 aromatic heterocycles. The molecule has 1 aliphatic carbocycles. The minimum absolute atomic E-state index is 0.443. The second-order valence-corrected chi connectivity index (χ2v) is 3.49. The minimum Gasteiger partial charge on any atom is -0.356 e. The predicted octanol–water partition coefficient (Wildman–Crippen LogP) is 1.58. The highest BCUT2D eigenvalue weighted by Crippen LogP contribution is 2.20. The average Bonchev–Trinajstić information content (AvgIpc) is 2.69. The molecule has 1 aromatic rings. The van der Waals surface area contributed by atoms with Gasteiger partial charge >= 0.3 is 0 Å².